The normalized spacial score (nSPS) is 21.4. The Balaban J connectivity index is 1.36. The largest absolute Gasteiger partial charge is 0.488 e. The first-order valence-electron chi connectivity index (χ1n) is 8.63. The van der Waals surface area contributed by atoms with Crippen LogP contribution in [0.15, 0.2) is 30.6 Å². The molecule has 0 aromatic carbocycles. The lowest BCUT2D eigenvalue weighted by atomic mass is 9.92. The monoisotopic (exact) mass is 358 g/mol. The summed E-state index contributed by atoms with van der Waals surface area (Å²) in [5.41, 5.74) is 1.58. The number of aryl methyl sites for hydroxylation is 2. The van der Waals surface area contributed by atoms with E-state index in [0.29, 0.717) is 12.2 Å². The maximum atomic E-state index is 12.7. The summed E-state index contributed by atoms with van der Waals surface area (Å²) in [7, 11) is 0. The smallest absolute Gasteiger partial charge is 0.272 e. The molecule has 0 bridgehead atoms. The van der Waals surface area contributed by atoms with E-state index >= 15 is 0 Å². The van der Waals surface area contributed by atoms with E-state index in [1.165, 1.54) is 0 Å². The molecule has 2 aromatic rings. The van der Waals surface area contributed by atoms with Gasteiger partial charge in [-0.2, -0.15) is 5.10 Å². The van der Waals surface area contributed by atoms with Crippen molar-refractivity contribution in [1.82, 2.24) is 19.7 Å². The van der Waals surface area contributed by atoms with Crippen molar-refractivity contribution in [3.8, 4) is 5.75 Å². The van der Waals surface area contributed by atoms with Gasteiger partial charge in [-0.3, -0.25) is 14.5 Å². The molecule has 1 spiro atoms. The molecule has 0 N–H and O–H groups in total. The van der Waals surface area contributed by atoms with Crippen molar-refractivity contribution in [1.29, 1.82) is 0 Å². The predicted molar refractivity (Wildman–Crippen MR) is 97.0 cm³/mol. The lowest BCUT2D eigenvalue weighted by molar-refractivity contribution is 0.0505. The minimum Gasteiger partial charge on any atom is -0.488 e. The summed E-state index contributed by atoms with van der Waals surface area (Å²) in [5.74, 6) is 1.87. The second-order valence-corrected chi connectivity index (χ2v) is 8.26. The fraction of sp³-hybridized carbons (Fsp3) is 0.500. The quantitative estimate of drug-likeness (QED) is 0.840. The molecule has 0 saturated carbocycles. The first-order chi connectivity index (χ1) is 12.1. The zero-order valence-corrected chi connectivity index (χ0v) is 15.3. The van der Waals surface area contributed by atoms with Crippen molar-refractivity contribution in [2.45, 2.75) is 37.7 Å². The van der Waals surface area contributed by atoms with Crippen LogP contribution in [0, 0.1) is 6.92 Å². The third-order valence-electron chi connectivity index (χ3n) is 4.78. The van der Waals surface area contributed by atoms with Crippen molar-refractivity contribution in [2.75, 3.05) is 18.8 Å². The summed E-state index contributed by atoms with van der Waals surface area (Å²) in [6, 6.07) is 5.70. The third kappa shape index (κ3) is 3.13. The van der Waals surface area contributed by atoms with Gasteiger partial charge in [0.2, 0.25) is 0 Å². The lowest BCUT2D eigenvalue weighted by Gasteiger charge is -2.47. The Labute approximate surface area is 151 Å². The minimum atomic E-state index is 0.0882. The molecule has 2 aliphatic rings. The number of carbonyl (C=O) groups excluding carboxylic acids is 1. The molecule has 6 nitrogen and oxygen atoms in total. The van der Waals surface area contributed by atoms with Gasteiger partial charge < -0.3 is 9.64 Å². The Hall–Kier alpha value is -2.02. The van der Waals surface area contributed by atoms with E-state index in [2.05, 4.69) is 10.1 Å². The molecule has 25 heavy (non-hydrogen) atoms. The molecule has 0 unspecified atom stereocenters. The highest BCUT2D eigenvalue weighted by molar-refractivity contribution is 8.01. The Bertz CT molecular complexity index is 771. The van der Waals surface area contributed by atoms with Crippen LogP contribution in [0.4, 0.5) is 0 Å². The number of nitrogens with zero attached hydrogens (tertiary/aromatic N) is 4. The Morgan fingerprint density at radius 3 is 3.04 bits per heavy atom. The number of ether oxygens (including phenoxy) is 1. The van der Waals surface area contributed by atoms with Crippen molar-refractivity contribution in [2.24, 2.45) is 0 Å². The summed E-state index contributed by atoms with van der Waals surface area (Å²) in [4.78, 5) is 18.8. The topological polar surface area (TPSA) is 60.2 Å². The van der Waals surface area contributed by atoms with E-state index in [9.17, 15) is 4.79 Å². The highest BCUT2D eigenvalue weighted by Crippen LogP contribution is 2.46. The van der Waals surface area contributed by atoms with E-state index < -0.39 is 0 Å². The van der Waals surface area contributed by atoms with Crippen molar-refractivity contribution < 1.29 is 9.53 Å². The summed E-state index contributed by atoms with van der Waals surface area (Å²) < 4.78 is 7.96. The van der Waals surface area contributed by atoms with E-state index in [1.54, 1.807) is 17.1 Å². The Morgan fingerprint density at radius 1 is 1.48 bits per heavy atom. The summed E-state index contributed by atoms with van der Waals surface area (Å²) in [6.07, 6.45) is 4.66. The summed E-state index contributed by atoms with van der Waals surface area (Å²) >= 11 is 1.93. The number of likely N-dealkylation sites (tertiary alicyclic amines) is 1. The van der Waals surface area contributed by atoms with Crippen LogP contribution in [-0.4, -0.2) is 55.3 Å². The Morgan fingerprint density at radius 2 is 2.32 bits per heavy atom. The fourth-order valence-corrected chi connectivity index (χ4v) is 5.14. The van der Waals surface area contributed by atoms with E-state index in [-0.39, 0.29) is 16.8 Å². The number of pyridine rings is 1. The summed E-state index contributed by atoms with van der Waals surface area (Å²) in [5, 5.41) is 4.38. The average Bonchev–Trinajstić information content (AvgIpc) is 3.17. The van der Waals surface area contributed by atoms with Gasteiger partial charge in [-0.25, -0.2) is 0 Å². The van der Waals surface area contributed by atoms with Gasteiger partial charge in [0.25, 0.3) is 5.91 Å². The number of hydrogen-bond acceptors (Lipinski definition) is 5. The first kappa shape index (κ1) is 16.4. The highest BCUT2D eigenvalue weighted by atomic mass is 32.2. The van der Waals surface area contributed by atoms with Crippen LogP contribution in [0.5, 0.6) is 5.75 Å². The molecule has 7 heteroatoms. The SMILES string of the molecule is CCn1nc(C)cc1C(=O)N1CC2(C[C@@H](Oc3cccnc3)CS2)C1. The number of rotatable bonds is 4. The standard InChI is InChI=1S/C18H22N4O2S/c1-3-22-16(7-13(2)20-22)17(23)21-11-18(12-21)8-15(10-25-18)24-14-5-4-6-19-9-14/h4-7,9,15H,3,8,10-12H2,1-2H3/t15-/m1/s1. The summed E-state index contributed by atoms with van der Waals surface area (Å²) in [6.45, 7) is 6.22. The van der Waals surface area contributed by atoms with Crippen LogP contribution >= 0.6 is 11.8 Å². The maximum absolute atomic E-state index is 12.7. The highest BCUT2D eigenvalue weighted by Gasteiger charge is 2.51. The molecule has 132 valence electrons. The van der Waals surface area contributed by atoms with E-state index in [4.69, 9.17) is 4.74 Å². The number of amides is 1. The molecule has 1 amide bonds. The molecular formula is C18H22N4O2S. The van der Waals surface area contributed by atoms with Gasteiger partial charge >= 0.3 is 0 Å². The van der Waals surface area contributed by atoms with Crippen molar-refractivity contribution in [3.63, 3.8) is 0 Å². The second kappa shape index (κ2) is 6.37. The molecule has 2 aliphatic heterocycles. The number of carbonyl (C=O) groups is 1. The van der Waals surface area contributed by atoms with Gasteiger partial charge in [0.15, 0.2) is 0 Å². The maximum Gasteiger partial charge on any atom is 0.272 e. The second-order valence-electron chi connectivity index (χ2n) is 6.77. The van der Waals surface area contributed by atoms with Crippen LogP contribution < -0.4 is 4.74 Å². The number of thioether (sulfide) groups is 1. The van der Waals surface area contributed by atoms with Crippen molar-refractivity contribution in [3.05, 3.63) is 42.0 Å². The van der Waals surface area contributed by atoms with Crippen LogP contribution in [0.3, 0.4) is 0 Å². The van der Waals surface area contributed by atoms with Gasteiger partial charge in [0.1, 0.15) is 17.5 Å². The molecule has 2 saturated heterocycles. The van der Waals surface area contributed by atoms with Gasteiger partial charge in [0, 0.05) is 38.0 Å². The molecule has 2 aromatic heterocycles. The van der Waals surface area contributed by atoms with E-state index in [1.807, 2.05) is 48.7 Å². The molecule has 4 heterocycles. The molecular weight excluding hydrogens is 336 g/mol. The number of hydrogen-bond donors (Lipinski definition) is 0. The van der Waals surface area contributed by atoms with Gasteiger partial charge in [-0.1, -0.05) is 0 Å². The average molecular weight is 358 g/mol. The number of aromatic nitrogens is 3. The van der Waals surface area contributed by atoms with Crippen LogP contribution in [0.2, 0.25) is 0 Å². The predicted octanol–water partition coefficient (Wildman–Crippen LogP) is 2.39. The molecule has 0 radical (unpaired) electrons. The fourth-order valence-electron chi connectivity index (χ4n) is 3.62. The molecule has 0 aliphatic carbocycles. The first-order valence-corrected chi connectivity index (χ1v) is 9.61. The molecule has 4 rings (SSSR count). The van der Waals surface area contributed by atoms with Crippen LogP contribution in [-0.2, 0) is 6.54 Å². The van der Waals surface area contributed by atoms with Gasteiger partial charge in [-0.15, -0.1) is 11.8 Å². The van der Waals surface area contributed by atoms with E-state index in [0.717, 1.165) is 36.7 Å². The minimum absolute atomic E-state index is 0.0882. The third-order valence-corrected chi connectivity index (χ3v) is 6.35. The van der Waals surface area contributed by atoms with Crippen LogP contribution in [0.1, 0.15) is 29.5 Å². The van der Waals surface area contributed by atoms with Gasteiger partial charge in [0.05, 0.1) is 16.6 Å². The Kier molecular flexibility index (Phi) is 4.19. The van der Waals surface area contributed by atoms with Gasteiger partial charge in [-0.05, 0) is 32.0 Å². The lowest BCUT2D eigenvalue weighted by Crippen LogP contribution is -2.61. The zero-order chi connectivity index (χ0) is 17.4. The van der Waals surface area contributed by atoms with Crippen molar-refractivity contribution >= 4 is 17.7 Å². The molecule has 1 atom stereocenters. The van der Waals surface area contributed by atoms with Crippen LogP contribution in [0.25, 0.3) is 0 Å². The zero-order valence-electron chi connectivity index (χ0n) is 14.5. The molecule has 2 fully saturated rings.